The molecule has 0 spiro atoms. The van der Waals surface area contributed by atoms with Crippen LogP contribution in [0.5, 0.6) is 0 Å². The maximum Gasteiger partial charge on any atom is 0.265 e. The van der Waals surface area contributed by atoms with Crippen molar-refractivity contribution in [2.24, 2.45) is 0 Å². The predicted molar refractivity (Wildman–Crippen MR) is 62.5 cm³/mol. The second kappa shape index (κ2) is 5.36. The van der Waals surface area contributed by atoms with Gasteiger partial charge in [-0.25, -0.2) is 0 Å². The van der Waals surface area contributed by atoms with E-state index in [1.165, 1.54) is 0 Å². The van der Waals surface area contributed by atoms with Crippen LogP contribution < -0.4 is 5.32 Å². The molecule has 6 heteroatoms. The van der Waals surface area contributed by atoms with Gasteiger partial charge in [-0.15, -0.1) is 5.10 Å². The molecule has 1 rings (SSSR count). The number of aliphatic hydroxyl groups excluding tert-OH is 1. The summed E-state index contributed by atoms with van der Waals surface area (Å²) in [6.45, 7) is 5.58. The van der Waals surface area contributed by atoms with Crippen molar-refractivity contribution >= 4 is 17.4 Å². The van der Waals surface area contributed by atoms with Crippen LogP contribution in [0.15, 0.2) is 0 Å². The molecule has 0 saturated heterocycles. The molecule has 0 fully saturated rings. The van der Waals surface area contributed by atoms with Gasteiger partial charge in [0.15, 0.2) is 0 Å². The van der Waals surface area contributed by atoms with Gasteiger partial charge in [0, 0.05) is 0 Å². The summed E-state index contributed by atoms with van der Waals surface area (Å²) in [5.41, 5.74) is 0.130. The Morgan fingerprint density at radius 3 is 2.75 bits per heavy atom. The predicted octanol–water partition coefficient (Wildman–Crippen LogP) is 0.991. The second-order valence-electron chi connectivity index (χ2n) is 3.93. The summed E-state index contributed by atoms with van der Waals surface area (Å²) in [6.07, 6.45) is 1.35. The van der Waals surface area contributed by atoms with Crippen molar-refractivity contribution in [3.05, 3.63) is 10.6 Å². The zero-order valence-electron chi connectivity index (χ0n) is 9.78. The molecule has 0 aromatic carbocycles. The number of nitrogens with one attached hydrogen (secondary N) is 1. The first kappa shape index (κ1) is 13.1. The summed E-state index contributed by atoms with van der Waals surface area (Å²) < 4.78 is 3.76. The van der Waals surface area contributed by atoms with E-state index in [4.69, 9.17) is 0 Å². The molecule has 1 aromatic rings. The Bertz CT molecular complexity index is 361. The third-order valence-electron chi connectivity index (χ3n) is 2.64. The van der Waals surface area contributed by atoms with Gasteiger partial charge < -0.3 is 10.4 Å². The summed E-state index contributed by atoms with van der Waals surface area (Å²) >= 11 is 1.09. The number of rotatable bonds is 5. The number of aryl methyl sites for hydroxylation is 1. The van der Waals surface area contributed by atoms with E-state index in [1.54, 1.807) is 0 Å². The normalized spacial score (nSPS) is 14.5. The van der Waals surface area contributed by atoms with E-state index in [9.17, 15) is 9.90 Å². The molecule has 0 saturated carbocycles. The molecule has 0 aliphatic carbocycles. The highest BCUT2D eigenvalue weighted by Gasteiger charge is 2.26. The lowest BCUT2D eigenvalue weighted by Crippen LogP contribution is -2.48. The molecule has 1 aromatic heterocycles. The molecule has 0 radical (unpaired) electrons. The van der Waals surface area contributed by atoms with E-state index in [2.05, 4.69) is 14.9 Å². The second-order valence-corrected chi connectivity index (χ2v) is 4.68. The molecule has 0 aliphatic heterocycles. The van der Waals surface area contributed by atoms with Crippen LogP contribution in [0.1, 0.15) is 42.6 Å². The van der Waals surface area contributed by atoms with Gasteiger partial charge in [0.25, 0.3) is 5.91 Å². The largest absolute Gasteiger partial charge is 0.394 e. The van der Waals surface area contributed by atoms with Crippen molar-refractivity contribution in [1.29, 1.82) is 0 Å². The Hall–Kier alpha value is -1.01. The summed E-state index contributed by atoms with van der Waals surface area (Å²) in [4.78, 5) is 12.5. The molecule has 1 atom stereocenters. The molecule has 16 heavy (non-hydrogen) atoms. The Kier molecular flexibility index (Phi) is 4.37. The Morgan fingerprint density at radius 2 is 2.25 bits per heavy atom. The van der Waals surface area contributed by atoms with Gasteiger partial charge in [0.1, 0.15) is 4.88 Å². The Morgan fingerprint density at radius 1 is 1.56 bits per heavy atom. The fourth-order valence-electron chi connectivity index (χ4n) is 1.18. The van der Waals surface area contributed by atoms with Crippen LogP contribution in [-0.2, 0) is 6.42 Å². The van der Waals surface area contributed by atoms with Gasteiger partial charge in [-0.2, -0.15) is 0 Å². The van der Waals surface area contributed by atoms with Crippen molar-refractivity contribution < 1.29 is 9.90 Å². The lowest BCUT2D eigenvalue weighted by molar-refractivity contribution is 0.0850. The molecule has 90 valence electrons. The molecular formula is C10H17N3O2S. The molecule has 0 bridgehead atoms. The monoisotopic (exact) mass is 243 g/mol. The minimum absolute atomic E-state index is 0.0804. The molecular weight excluding hydrogens is 226 g/mol. The van der Waals surface area contributed by atoms with Crippen molar-refractivity contribution in [3.63, 3.8) is 0 Å². The van der Waals surface area contributed by atoms with Gasteiger partial charge in [-0.3, -0.25) is 4.79 Å². The molecule has 1 unspecified atom stereocenters. The van der Waals surface area contributed by atoms with E-state index >= 15 is 0 Å². The highest BCUT2D eigenvalue weighted by molar-refractivity contribution is 7.08. The van der Waals surface area contributed by atoms with Gasteiger partial charge in [-0.05, 0) is 31.3 Å². The number of amides is 1. The highest BCUT2D eigenvalue weighted by Crippen LogP contribution is 2.14. The zero-order valence-corrected chi connectivity index (χ0v) is 10.6. The molecule has 5 nitrogen and oxygen atoms in total. The average molecular weight is 243 g/mol. The van der Waals surface area contributed by atoms with Crippen molar-refractivity contribution in [2.75, 3.05) is 6.61 Å². The number of carbonyl (C=O) groups is 1. The van der Waals surface area contributed by atoms with Crippen molar-refractivity contribution in [1.82, 2.24) is 14.9 Å². The fraction of sp³-hybridized carbons (Fsp3) is 0.700. The lowest BCUT2D eigenvalue weighted by Gasteiger charge is -2.26. The van der Waals surface area contributed by atoms with Gasteiger partial charge in [0.05, 0.1) is 17.8 Å². The number of hydrogen-bond acceptors (Lipinski definition) is 5. The molecule has 0 aliphatic rings. The summed E-state index contributed by atoms with van der Waals surface area (Å²) in [7, 11) is 0. The number of nitrogens with zero attached hydrogens (tertiary/aromatic N) is 2. The third-order valence-corrected chi connectivity index (χ3v) is 3.41. The van der Waals surface area contributed by atoms with E-state index in [0.717, 1.165) is 11.5 Å². The van der Waals surface area contributed by atoms with Crippen LogP contribution in [0.4, 0.5) is 0 Å². The Labute approximate surface area is 99.0 Å². The third kappa shape index (κ3) is 2.76. The highest BCUT2D eigenvalue weighted by atomic mass is 32.1. The van der Waals surface area contributed by atoms with Gasteiger partial charge in [0.2, 0.25) is 0 Å². The van der Waals surface area contributed by atoms with Gasteiger partial charge in [-0.1, -0.05) is 18.3 Å². The maximum absolute atomic E-state index is 11.9. The van der Waals surface area contributed by atoms with E-state index < -0.39 is 5.54 Å². The number of aromatic nitrogens is 2. The SMILES string of the molecule is CCc1nnsc1C(=O)NC(C)(CC)CO. The molecule has 1 amide bonds. The first-order valence-electron chi connectivity index (χ1n) is 5.31. The number of aliphatic hydroxyl groups is 1. The van der Waals surface area contributed by atoms with Crippen LogP contribution in [0, 0.1) is 0 Å². The van der Waals surface area contributed by atoms with Crippen molar-refractivity contribution in [2.45, 2.75) is 39.2 Å². The smallest absolute Gasteiger partial charge is 0.265 e. The average Bonchev–Trinajstić information content (AvgIpc) is 2.76. The van der Waals surface area contributed by atoms with E-state index in [0.29, 0.717) is 23.4 Å². The lowest BCUT2D eigenvalue weighted by atomic mass is 10.0. The maximum atomic E-state index is 11.9. The summed E-state index contributed by atoms with van der Waals surface area (Å²) in [6, 6.07) is 0. The van der Waals surface area contributed by atoms with Crippen LogP contribution in [0.2, 0.25) is 0 Å². The van der Waals surface area contributed by atoms with Crippen molar-refractivity contribution in [3.8, 4) is 0 Å². The quantitative estimate of drug-likeness (QED) is 0.808. The molecule has 2 N–H and O–H groups in total. The number of carbonyl (C=O) groups excluding carboxylic acids is 1. The molecule has 1 heterocycles. The summed E-state index contributed by atoms with van der Waals surface area (Å²) in [5, 5.41) is 15.9. The van der Waals surface area contributed by atoms with Crippen LogP contribution >= 0.6 is 11.5 Å². The Balaban J connectivity index is 2.80. The van der Waals surface area contributed by atoms with Gasteiger partial charge >= 0.3 is 0 Å². The fourth-order valence-corrected chi connectivity index (χ4v) is 1.83. The minimum Gasteiger partial charge on any atom is -0.394 e. The summed E-state index contributed by atoms with van der Waals surface area (Å²) in [5.74, 6) is -0.203. The minimum atomic E-state index is -0.577. The first-order valence-corrected chi connectivity index (χ1v) is 6.08. The van der Waals surface area contributed by atoms with E-state index in [1.807, 2.05) is 20.8 Å². The van der Waals surface area contributed by atoms with Crippen LogP contribution in [0.25, 0.3) is 0 Å². The van der Waals surface area contributed by atoms with E-state index in [-0.39, 0.29) is 12.5 Å². The topological polar surface area (TPSA) is 75.1 Å². The number of hydrogen-bond donors (Lipinski definition) is 2. The first-order chi connectivity index (χ1) is 7.56. The zero-order chi connectivity index (χ0) is 12.2. The standard InChI is InChI=1S/C10H17N3O2S/c1-4-7-8(16-13-12-7)9(15)11-10(3,5-2)6-14/h14H,4-6H2,1-3H3,(H,11,15). The van der Waals surface area contributed by atoms with Crippen LogP contribution in [0.3, 0.4) is 0 Å². The van der Waals surface area contributed by atoms with Crippen LogP contribution in [-0.4, -0.2) is 32.7 Å².